The van der Waals surface area contributed by atoms with Crippen LogP contribution < -0.4 is 10.6 Å². The average Bonchev–Trinajstić information content (AvgIpc) is 3.03. The molecule has 0 radical (unpaired) electrons. The van der Waals surface area contributed by atoms with Gasteiger partial charge in [-0.1, -0.05) is 18.0 Å². The number of aryl methyl sites for hydroxylation is 1. The molecule has 1 unspecified atom stereocenters. The Balaban J connectivity index is 2.06. The summed E-state index contributed by atoms with van der Waals surface area (Å²) < 4.78 is 9.45. The van der Waals surface area contributed by atoms with E-state index in [2.05, 4.69) is 20.5 Å². The van der Waals surface area contributed by atoms with Crippen LogP contribution in [0.1, 0.15) is 44.8 Å². The van der Waals surface area contributed by atoms with Crippen molar-refractivity contribution >= 4 is 35.4 Å². The van der Waals surface area contributed by atoms with Crippen molar-refractivity contribution in [3.63, 3.8) is 0 Å². The molecule has 1 aromatic heterocycles. The van der Waals surface area contributed by atoms with E-state index in [1.807, 2.05) is 0 Å². The normalized spacial score (nSPS) is 11.7. The molecule has 1 aromatic rings. The van der Waals surface area contributed by atoms with Gasteiger partial charge in [-0.3, -0.25) is 14.4 Å². The topological polar surface area (TPSA) is 111 Å². The summed E-state index contributed by atoms with van der Waals surface area (Å²) >= 11 is 1.26. The Labute approximate surface area is 157 Å². The third-order valence-corrected chi connectivity index (χ3v) is 4.71. The summed E-state index contributed by atoms with van der Waals surface area (Å²) in [5, 5.41) is 8.79. The molecule has 0 aliphatic heterocycles. The Kier molecular flexibility index (Phi) is 10.5. The van der Waals surface area contributed by atoms with Gasteiger partial charge < -0.3 is 19.9 Å². The maximum absolute atomic E-state index is 12.0. The first-order valence-corrected chi connectivity index (χ1v) is 9.66. The first-order valence-electron chi connectivity index (χ1n) is 8.61. The third kappa shape index (κ3) is 9.45. The lowest BCUT2D eigenvalue weighted by molar-refractivity contribution is -0.140. The van der Waals surface area contributed by atoms with Gasteiger partial charge in [0.25, 0.3) is 0 Å². The van der Waals surface area contributed by atoms with Gasteiger partial charge in [0.1, 0.15) is 5.76 Å². The number of esters is 1. The number of amides is 2. The first-order chi connectivity index (χ1) is 12.4. The maximum atomic E-state index is 12.0. The number of thioether (sulfide) groups is 1. The number of aromatic nitrogens is 1. The number of ether oxygens (including phenoxy) is 1. The third-order valence-electron chi connectivity index (χ3n) is 3.57. The second-order valence-electron chi connectivity index (χ2n) is 5.86. The summed E-state index contributed by atoms with van der Waals surface area (Å²) in [6.07, 6.45) is 3.97. The highest BCUT2D eigenvalue weighted by molar-refractivity contribution is 8.01. The van der Waals surface area contributed by atoms with Crippen LogP contribution in [0.2, 0.25) is 0 Å². The zero-order valence-corrected chi connectivity index (χ0v) is 16.3. The Bertz CT molecular complexity index is 591. The van der Waals surface area contributed by atoms with E-state index in [1.165, 1.54) is 18.9 Å². The van der Waals surface area contributed by atoms with Crippen LogP contribution in [0, 0.1) is 6.92 Å². The molecule has 9 heteroatoms. The number of rotatable bonds is 12. The van der Waals surface area contributed by atoms with Crippen molar-refractivity contribution < 1.29 is 23.6 Å². The molecule has 1 heterocycles. The van der Waals surface area contributed by atoms with Gasteiger partial charge in [-0.2, -0.15) is 0 Å². The van der Waals surface area contributed by atoms with E-state index in [0.717, 1.165) is 25.7 Å². The molecule has 2 N–H and O–H groups in total. The molecule has 26 heavy (non-hydrogen) atoms. The van der Waals surface area contributed by atoms with Crippen molar-refractivity contribution in [2.24, 2.45) is 0 Å². The van der Waals surface area contributed by atoms with Crippen molar-refractivity contribution in [1.29, 1.82) is 0 Å². The lowest BCUT2D eigenvalue weighted by Gasteiger charge is -2.10. The van der Waals surface area contributed by atoms with Crippen LogP contribution >= 0.6 is 11.8 Å². The number of anilines is 1. The number of carbonyl (C=O) groups is 3. The molecular formula is C17H27N3O5S. The second kappa shape index (κ2) is 12.3. The molecule has 0 spiro atoms. The van der Waals surface area contributed by atoms with Crippen molar-refractivity contribution in [2.75, 3.05) is 24.7 Å². The minimum absolute atomic E-state index is 0.0958. The van der Waals surface area contributed by atoms with Crippen LogP contribution in [-0.2, 0) is 19.1 Å². The maximum Gasteiger partial charge on any atom is 0.305 e. The highest BCUT2D eigenvalue weighted by atomic mass is 32.2. The Morgan fingerprint density at radius 2 is 2.00 bits per heavy atom. The van der Waals surface area contributed by atoms with E-state index in [-0.39, 0.29) is 28.8 Å². The fraction of sp³-hybridized carbons (Fsp3) is 0.647. The van der Waals surface area contributed by atoms with Gasteiger partial charge in [0, 0.05) is 19.0 Å². The molecule has 0 aliphatic carbocycles. The molecule has 146 valence electrons. The molecule has 0 saturated carbocycles. The van der Waals surface area contributed by atoms with Crippen molar-refractivity contribution in [1.82, 2.24) is 10.5 Å². The summed E-state index contributed by atoms with van der Waals surface area (Å²) in [6, 6.07) is 1.63. The molecule has 8 nitrogen and oxygen atoms in total. The largest absolute Gasteiger partial charge is 0.469 e. The second-order valence-corrected chi connectivity index (χ2v) is 7.18. The van der Waals surface area contributed by atoms with Gasteiger partial charge in [-0.05, 0) is 26.7 Å². The molecule has 2 amide bonds. The summed E-state index contributed by atoms with van der Waals surface area (Å²) in [4.78, 5) is 34.7. The molecule has 1 rings (SSSR count). The van der Waals surface area contributed by atoms with E-state index in [4.69, 9.17) is 4.52 Å². The minimum atomic E-state index is -0.379. The molecule has 1 atom stereocenters. The van der Waals surface area contributed by atoms with Crippen LogP contribution in [-0.4, -0.2) is 47.6 Å². The molecule has 0 fully saturated rings. The zero-order valence-electron chi connectivity index (χ0n) is 15.5. The van der Waals surface area contributed by atoms with Crippen LogP contribution in [0.4, 0.5) is 5.82 Å². The Morgan fingerprint density at radius 1 is 1.27 bits per heavy atom. The van der Waals surface area contributed by atoms with E-state index in [9.17, 15) is 14.4 Å². The fourth-order valence-corrected chi connectivity index (χ4v) is 2.77. The quantitative estimate of drug-likeness (QED) is 0.419. The first kappa shape index (κ1) is 22.0. The monoisotopic (exact) mass is 385 g/mol. The van der Waals surface area contributed by atoms with E-state index in [1.54, 1.807) is 19.9 Å². The van der Waals surface area contributed by atoms with Crippen molar-refractivity contribution in [3.8, 4) is 0 Å². The summed E-state index contributed by atoms with van der Waals surface area (Å²) in [5.74, 6) is 0.701. The summed E-state index contributed by atoms with van der Waals surface area (Å²) in [6.45, 7) is 4.07. The van der Waals surface area contributed by atoms with Gasteiger partial charge in [0.2, 0.25) is 11.8 Å². The lowest BCUT2D eigenvalue weighted by Crippen LogP contribution is -2.29. The molecule has 0 saturated heterocycles. The van der Waals surface area contributed by atoms with E-state index in [0.29, 0.717) is 24.5 Å². The summed E-state index contributed by atoms with van der Waals surface area (Å²) in [7, 11) is 1.38. The number of hydrogen-bond acceptors (Lipinski definition) is 7. The Hall–Kier alpha value is -2.03. The molecular weight excluding hydrogens is 358 g/mol. The van der Waals surface area contributed by atoms with Crippen LogP contribution in [0.15, 0.2) is 10.6 Å². The molecule has 0 aliphatic rings. The van der Waals surface area contributed by atoms with Gasteiger partial charge in [0.05, 0.1) is 18.1 Å². The van der Waals surface area contributed by atoms with Crippen LogP contribution in [0.25, 0.3) is 0 Å². The summed E-state index contributed by atoms with van der Waals surface area (Å²) in [5.41, 5.74) is 0. The SMILES string of the molecule is COC(=O)CCCCCCNC(=O)CSC(C)C(=O)Nc1cc(C)on1. The van der Waals surface area contributed by atoms with Crippen molar-refractivity contribution in [3.05, 3.63) is 11.8 Å². The average molecular weight is 385 g/mol. The zero-order chi connectivity index (χ0) is 19.4. The number of nitrogens with zero attached hydrogens (tertiary/aromatic N) is 1. The smallest absolute Gasteiger partial charge is 0.305 e. The predicted molar refractivity (Wildman–Crippen MR) is 99.9 cm³/mol. The standard InChI is InChI=1S/C17H27N3O5S/c1-12-10-14(20-25-12)19-17(23)13(2)26-11-15(21)18-9-7-5-4-6-8-16(22)24-3/h10,13H,4-9,11H2,1-3H3,(H,18,21)(H,19,20,23). The van der Waals surface area contributed by atoms with Gasteiger partial charge in [0.15, 0.2) is 5.82 Å². The van der Waals surface area contributed by atoms with Crippen LogP contribution in [0.5, 0.6) is 0 Å². The number of unbranched alkanes of at least 4 members (excludes halogenated alkanes) is 3. The minimum Gasteiger partial charge on any atom is -0.469 e. The Morgan fingerprint density at radius 3 is 2.65 bits per heavy atom. The number of nitrogens with one attached hydrogen (secondary N) is 2. The van der Waals surface area contributed by atoms with Gasteiger partial charge in [-0.15, -0.1) is 11.8 Å². The molecule has 0 bridgehead atoms. The number of methoxy groups -OCH3 is 1. The highest BCUT2D eigenvalue weighted by Crippen LogP contribution is 2.14. The number of hydrogen-bond donors (Lipinski definition) is 2. The van der Waals surface area contributed by atoms with Crippen LogP contribution in [0.3, 0.4) is 0 Å². The van der Waals surface area contributed by atoms with E-state index >= 15 is 0 Å². The lowest BCUT2D eigenvalue weighted by atomic mass is 10.1. The van der Waals surface area contributed by atoms with Crippen molar-refractivity contribution in [2.45, 2.75) is 51.2 Å². The highest BCUT2D eigenvalue weighted by Gasteiger charge is 2.16. The van der Waals surface area contributed by atoms with Gasteiger partial charge >= 0.3 is 5.97 Å². The van der Waals surface area contributed by atoms with Gasteiger partial charge in [-0.25, -0.2) is 0 Å². The fourth-order valence-electron chi connectivity index (χ4n) is 2.06. The van der Waals surface area contributed by atoms with E-state index < -0.39 is 0 Å². The predicted octanol–water partition coefficient (Wildman–Crippen LogP) is 2.28. The number of carbonyl (C=O) groups excluding carboxylic acids is 3. The molecule has 0 aromatic carbocycles.